The van der Waals surface area contributed by atoms with Gasteiger partial charge in [0.05, 0.1) is 5.56 Å². The standard InChI is InChI=1S/C14H20FNO4S/c1-9(14(2,3)4)8-16-21(19,20)12-7-10(13(17)18)5-6-11(12)15/h5-7,9,16H,8H2,1-4H3,(H,17,18). The van der Waals surface area contributed by atoms with E-state index in [9.17, 15) is 17.6 Å². The molecule has 0 aliphatic heterocycles. The maximum atomic E-state index is 13.7. The number of carboxylic acid groups (broad SMARTS) is 1. The first kappa shape index (κ1) is 17.6. The molecule has 7 heteroatoms. The van der Waals surface area contributed by atoms with Crippen LogP contribution in [0.5, 0.6) is 0 Å². The van der Waals surface area contributed by atoms with E-state index < -0.39 is 26.7 Å². The smallest absolute Gasteiger partial charge is 0.335 e. The van der Waals surface area contributed by atoms with Crippen LogP contribution in [-0.4, -0.2) is 26.0 Å². The number of halogens is 1. The van der Waals surface area contributed by atoms with Crippen LogP contribution in [0.2, 0.25) is 0 Å². The third-order valence-electron chi connectivity index (χ3n) is 3.53. The molecule has 0 radical (unpaired) electrons. The summed E-state index contributed by atoms with van der Waals surface area (Å²) in [6.07, 6.45) is 0. The molecule has 118 valence electrons. The van der Waals surface area contributed by atoms with Crippen molar-refractivity contribution in [2.45, 2.75) is 32.6 Å². The average Bonchev–Trinajstić information content (AvgIpc) is 2.34. The van der Waals surface area contributed by atoms with Crippen molar-refractivity contribution in [3.05, 3.63) is 29.6 Å². The molecule has 0 saturated carbocycles. The van der Waals surface area contributed by atoms with E-state index in [1.165, 1.54) is 0 Å². The SMILES string of the molecule is CC(CNS(=O)(=O)c1cc(C(=O)O)ccc1F)C(C)(C)C. The highest BCUT2D eigenvalue weighted by Crippen LogP contribution is 2.25. The maximum Gasteiger partial charge on any atom is 0.335 e. The zero-order chi connectivity index (χ0) is 16.4. The molecule has 0 saturated heterocycles. The van der Waals surface area contributed by atoms with Crippen molar-refractivity contribution >= 4 is 16.0 Å². The second-order valence-corrected chi connectivity index (χ2v) is 7.80. The molecule has 0 aliphatic carbocycles. The fourth-order valence-corrected chi connectivity index (χ4v) is 2.69. The van der Waals surface area contributed by atoms with Gasteiger partial charge < -0.3 is 5.11 Å². The maximum absolute atomic E-state index is 13.7. The number of hydrogen-bond acceptors (Lipinski definition) is 3. The molecule has 21 heavy (non-hydrogen) atoms. The second-order valence-electron chi connectivity index (χ2n) is 6.07. The van der Waals surface area contributed by atoms with E-state index in [4.69, 9.17) is 5.11 Å². The molecule has 0 heterocycles. The summed E-state index contributed by atoms with van der Waals surface area (Å²) in [5, 5.41) is 8.85. The Bertz CT molecular complexity index is 635. The summed E-state index contributed by atoms with van der Waals surface area (Å²) in [6.45, 7) is 7.93. The summed E-state index contributed by atoms with van der Waals surface area (Å²) < 4.78 is 40.2. The monoisotopic (exact) mass is 317 g/mol. The Morgan fingerprint density at radius 2 is 1.95 bits per heavy atom. The molecule has 2 N–H and O–H groups in total. The van der Waals surface area contributed by atoms with Gasteiger partial charge in [-0.25, -0.2) is 22.3 Å². The van der Waals surface area contributed by atoms with Crippen LogP contribution >= 0.6 is 0 Å². The minimum atomic E-state index is -4.09. The highest BCUT2D eigenvalue weighted by atomic mass is 32.2. The molecule has 0 aliphatic rings. The number of carboxylic acids is 1. The number of aromatic carboxylic acids is 1. The van der Waals surface area contributed by atoms with Gasteiger partial charge in [-0.2, -0.15) is 0 Å². The molecule has 0 bridgehead atoms. The van der Waals surface area contributed by atoms with E-state index in [1.807, 2.05) is 27.7 Å². The Hall–Kier alpha value is -1.47. The zero-order valence-electron chi connectivity index (χ0n) is 12.5. The summed E-state index contributed by atoms with van der Waals surface area (Å²) in [5.41, 5.74) is -0.384. The number of benzene rings is 1. The van der Waals surface area contributed by atoms with Gasteiger partial charge in [-0.15, -0.1) is 0 Å². The third kappa shape index (κ3) is 4.50. The summed E-state index contributed by atoms with van der Waals surface area (Å²) in [5.74, 6) is -2.26. The molecule has 1 aromatic rings. The lowest BCUT2D eigenvalue weighted by Crippen LogP contribution is -2.34. The molecule has 0 fully saturated rings. The van der Waals surface area contributed by atoms with Gasteiger partial charge >= 0.3 is 5.97 Å². The Kier molecular flexibility index (Phi) is 5.11. The highest BCUT2D eigenvalue weighted by Gasteiger charge is 2.25. The van der Waals surface area contributed by atoms with E-state index >= 15 is 0 Å². The molecule has 1 rings (SSSR count). The molecule has 0 amide bonds. The van der Waals surface area contributed by atoms with Crippen LogP contribution in [0.1, 0.15) is 38.1 Å². The van der Waals surface area contributed by atoms with E-state index in [0.717, 1.165) is 18.2 Å². The molecule has 0 aromatic heterocycles. The fourth-order valence-electron chi connectivity index (χ4n) is 1.46. The molecule has 5 nitrogen and oxygen atoms in total. The second kappa shape index (κ2) is 6.11. The lowest BCUT2D eigenvalue weighted by atomic mass is 9.82. The molecule has 1 atom stereocenters. The predicted octanol–water partition coefficient (Wildman–Crippen LogP) is 2.48. The highest BCUT2D eigenvalue weighted by molar-refractivity contribution is 7.89. The van der Waals surface area contributed by atoms with Crippen LogP contribution < -0.4 is 4.72 Å². The van der Waals surface area contributed by atoms with Crippen LogP contribution in [0.15, 0.2) is 23.1 Å². The van der Waals surface area contributed by atoms with Crippen LogP contribution in [0.4, 0.5) is 4.39 Å². The predicted molar refractivity (Wildman–Crippen MR) is 77.2 cm³/mol. The first-order valence-electron chi connectivity index (χ1n) is 6.47. The summed E-state index contributed by atoms with van der Waals surface area (Å²) in [4.78, 5) is 10.2. The first-order chi connectivity index (χ1) is 9.45. The van der Waals surface area contributed by atoms with Crippen LogP contribution in [0, 0.1) is 17.2 Å². The van der Waals surface area contributed by atoms with E-state index in [-0.39, 0.29) is 23.4 Å². The lowest BCUT2D eigenvalue weighted by molar-refractivity contribution is 0.0696. The van der Waals surface area contributed by atoms with Gasteiger partial charge in [0.25, 0.3) is 0 Å². The van der Waals surface area contributed by atoms with E-state index in [1.54, 1.807) is 0 Å². The summed E-state index contributed by atoms with van der Waals surface area (Å²) in [7, 11) is -4.09. The largest absolute Gasteiger partial charge is 0.478 e. The number of rotatable bonds is 5. The zero-order valence-corrected chi connectivity index (χ0v) is 13.3. The quantitative estimate of drug-likeness (QED) is 0.874. The topological polar surface area (TPSA) is 83.5 Å². The van der Waals surface area contributed by atoms with E-state index in [2.05, 4.69) is 4.72 Å². The minimum Gasteiger partial charge on any atom is -0.478 e. The molecule has 0 spiro atoms. The minimum absolute atomic E-state index is 0.0259. The van der Waals surface area contributed by atoms with Crippen LogP contribution in [-0.2, 0) is 10.0 Å². The Balaban J connectivity index is 3.03. The van der Waals surface area contributed by atoms with Crippen molar-refractivity contribution in [1.29, 1.82) is 0 Å². The van der Waals surface area contributed by atoms with Gasteiger partial charge in [-0.1, -0.05) is 27.7 Å². The van der Waals surface area contributed by atoms with Gasteiger partial charge in [0, 0.05) is 6.54 Å². The van der Waals surface area contributed by atoms with Crippen molar-refractivity contribution < 1.29 is 22.7 Å². The van der Waals surface area contributed by atoms with Gasteiger partial charge in [0.15, 0.2) is 0 Å². The summed E-state index contributed by atoms with van der Waals surface area (Å²) >= 11 is 0. The van der Waals surface area contributed by atoms with Crippen molar-refractivity contribution in [3.63, 3.8) is 0 Å². The van der Waals surface area contributed by atoms with Crippen molar-refractivity contribution in [1.82, 2.24) is 4.72 Å². The fraction of sp³-hybridized carbons (Fsp3) is 0.500. The number of hydrogen-bond donors (Lipinski definition) is 2. The lowest BCUT2D eigenvalue weighted by Gasteiger charge is -2.27. The van der Waals surface area contributed by atoms with Gasteiger partial charge in [0.2, 0.25) is 10.0 Å². The number of nitrogens with one attached hydrogen (secondary N) is 1. The average molecular weight is 317 g/mol. The van der Waals surface area contributed by atoms with Gasteiger partial charge in [-0.3, -0.25) is 0 Å². The van der Waals surface area contributed by atoms with Crippen LogP contribution in [0.25, 0.3) is 0 Å². The molecular weight excluding hydrogens is 297 g/mol. The number of sulfonamides is 1. The van der Waals surface area contributed by atoms with Gasteiger partial charge in [0.1, 0.15) is 10.7 Å². The molecular formula is C14H20FNO4S. The van der Waals surface area contributed by atoms with Crippen molar-refractivity contribution in [3.8, 4) is 0 Å². The molecule has 1 aromatic carbocycles. The third-order valence-corrected chi connectivity index (χ3v) is 4.96. The van der Waals surface area contributed by atoms with Crippen LogP contribution in [0.3, 0.4) is 0 Å². The molecule has 1 unspecified atom stereocenters. The first-order valence-corrected chi connectivity index (χ1v) is 7.96. The van der Waals surface area contributed by atoms with E-state index in [0.29, 0.717) is 0 Å². The number of carbonyl (C=O) groups is 1. The van der Waals surface area contributed by atoms with Crippen molar-refractivity contribution in [2.75, 3.05) is 6.54 Å². The Morgan fingerprint density at radius 1 is 1.38 bits per heavy atom. The summed E-state index contributed by atoms with van der Waals surface area (Å²) in [6, 6.07) is 2.68. The van der Waals surface area contributed by atoms with Gasteiger partial charge in [-0.05, 0) is 29.5 Å². The Labute approximate surface area is 124 Å². The Morgan fingerprint density at radius 3 is 2.43 bits per heavy atom. The normalized spacial score (nSPS) is 14.0. The van der Waals surface area contributed by atoms with Crippen molar-refractivity contribution in [2.24, 2.45) is 11.3 Å².